The average molecular weight is 340 g/mol. The lowest BCUT2D eigenvalue weighted by atomic mass is 10.3. The molecule has 0 atom stereocenters. The number of nitrogens with zero attached hydrogens (tertiary/aromatic N) is 2. The summed E-state index contributed by atoms with van der Waals surface area (Å²) in [6, 6.07) is 6.04. The van der Waals surface area contributed by atoms with Gasteiger partial charge in [0.2, 0.25) is 5.88 Å². The molecule has 0 aliphatic carbocycles. The molecule has 2 rings (SSSR count). The van der Waals surface area contributed by atoms with Gasteiger partial charge >= 0.3 is 0 Å². The molecule has 0 unspecified atom stereocenters. The van der Waals surface area contributed by atoms with E-state index in [4.69, 9.17) is 4.74 Å². The van der Waals surface area contributed by atoms with E-state index in [-0.39, 0.29) is 5.82 Å². The first-order valence-electron chi connectivity index (χ1n) is 6.30. The first-order chi connectivity index (χ1) is 9.60. The van der Waals surface area contributed by atoms with Crippen LogP contribution in [0.3, 0.4) is 0 Å². The normalized spacial score (nSPS) is 10.4. The number of ether oxygens (including phenoxy) is 1. The molecule has 1 N–H and O–H groups in total. The van der Waals surface area contributed by atoms with E-state index < -0.39 is 0 Å². The highest BCUT2D eigenvalue weighted by Crippen LogP contribution is 2.26. The van der Waals surface area contributed by atoms with Crippen LogP contribution in [0, 0.1) is 5.82 Å². The van der Waals surface area contributed by atoms with Gasteiger partial charge in [-0.1, -0.05) is 22.9 Å². The van der Waals surface area contributed by atoms with Crippen molar-refractivity contribution in [2.45, 2.75) is 19.8 Å². The molecule has 0 saturated heterocycles. The van der Waals surface area contributed by atoms with E-state index in [1.807, 2.05) is 0 Å². The van der Waals surface area contributed by atoms with Crippen LogP contribution in [-0.4, -0.2) is 17.0 Å². The Morgan fingerprint density at radius 3 is 2.70 bits per heavy atom. The number of nitrogens with one attached hydrogen (secondary N) is 1. The largest absolute Gasteiger partial charge is 0.439 e. The zero-order valence-corrected chi connectivity index (χ0v) is 12.9. The zero-order chi connectivity index (χ0) is 14.5. The Morgan fingerprint density at radius 1 is 1.25 bits per heavy atom. The van der Waals surface area contributed by atoms with E-state index in [1.54, 1.807) is 19.2 Å². The van der Waals surface area contributed by atoms with Crippen molar-refractivity contribution in [3.63, 3.8) is 0 Å². The lowest BCUT2D eigenvalue weighted by Gasteiger charge is -2.09. The van der Waals surface area contributed by atoms with Gasteiger partial charge in [-0.25, -0.2) is 9.37 Å². The Labute approximate surface area is 125 Å². The number of halogens is 2. The lowest BCUT2D eigenvalue weighted by Crippen LogP contribution is -2.02. The molecule has 6 heteroatoms. The molecule has 0 spiro atoms. The molecule has 0 amide bonds. The Morgan fingerprint density at radius 2 is 2.05 bits per heavy atom. The fourth-order valence-electron chi connectivity index (χ4n) is 1.70. The van der Waals surface area contributed by atoms with Gasteiger partial charge in [0, 0.05) is 30.1 Å². The minimum Gasteiger partial charge on any atom is -0.439 e. The summed E-state index contributed by atoms with van der Waals surface area (Å²) < 4.78 is 19.5. The van der Waals surface area contributed by atoms with Crippen molar-refractivity contribution in [3.05, 3.63) is 40.4 Å². The minimum atomic E-state index is -0.369. The van der Waals surface area contributed by atoms with Crippen molar-refractivity contribution in [2.75, 3.05) is 12.4 Å². The van der Waals surface area contributed by atoms with Crippen LogP contribution in [0.4, 0.5) is 10.2 Å². The van der Waals surface area contributed by atoms with Crippen molar-refractivity contribution >= 4 is 21.7 Å². The molecule has 4 nitrogen and oxygen atoms in total. The number of benzene rings is 1. The van der Waals surface area contributed by atoms with E-state index >= 15 is 0 Å². The van der Waals surface area contributed by atoms with Gasteiger partial charge in [0.25, 0.3) is 0 Å². The lowest BCUT2D eigenvalue weighted by molar-refractivity contribution is 0.453. The molecule has 106 valence electrons. The monoisotopic (exact) mass is 339 g/mol. The molecule has 1 heterocycles. The molecule has 0 fully saturated rings. The number of anilines is 1. The highest BCUT2D eigenvalue weighted by atomic mass is 79.9. The first-order valence-corrected chi connectivity index (χ1v) is 7.09. The molecule has 0 radical (unpaired) electrons. The summed E-state index contributed by atoms with van der Waals surface area (Å²) in [5, 5.41) is 2.96. The number of rotatable bonds is 5. The highest BCUT2D eigenvalue weighted by Gasteiger charge is 2.07. The van der Waals surface area contributed by atoms with E-state index in [0.29, 0.717) is 27.7 Å². The van der Waals surface area contributed by atoms with Crippen LogP contribution < -0.4 is 10.1 Å². The molecule has 2 aromatic rings. The maximum atomic E-state index is 13.3. The number of aromatic nitrogens is 2. The van der Waals surface area contributed by atoms with Crippen molar-refractivity contribution in [2.24, 2.45) is 0 Å². The second kappa shape index (κ2) is 6.65. The average Bonchev–Trinajstić information content (AvgIpc) is 2.37. The molecule has 0 aliphatic heterocycles. The Balaban J connectivity index is 2.29. The van der Waals surface area contributed by atoms with Crippen molar-refractivity contribution in [1.29, 1.82) is 0 Å². The summed E-state index contributed by atoms with van der Waals surface area (Å²) in [5.74, 6) is 1.79. The molecule has 20 heavy (non-hydrogen) atoms. The maximum absolute atomic E-state index is 13.3. The van der Waals surface area contributed by atoms with Gasteiger partial charge < -0.3 is 10.1 Å². The molecule has 0 aliphatic rings. The van der Waals surface area contributed by atoms with Gasteiger partial charge in [-0.05, 0) is 18.6 Å². The fraction of sp³-hybridized carbons (Fsp3) is 0.286. The van der Waals surface area contributed by atoms with Crippen LogP contribution in [0.25, 0.3) is 0 Å². The van der Waals surface area contributed by atoms with Gasteiger partial charge in [0.15, 0.2) is 0 Å². The Bertz CT molecular complexity index is 587. The van der Waals surface area contributed by atoms with Crippen LogP contribution in [0.1, 0.15) is 19.2 Å². The summed E-state index contributed by atoms with van der Waals surface area (Å²) in [4.78, 5) is 8.65. The summed E-state index contributed by atoms with van der Waals surface area (Å²) in [6.07, 6.45) is 1.71. The highest BCUT2D eigenvalue weighted by molar-refractivity contribution is 9.10. The third kappa shape index (κ3) is 3.90. The molecular formula is C14H15BrFN3O. The Kier molecular flexibility index (Phi) is 4.89. The summed E-state index contributed by atoms with van der Waals surface area (Å²) in [7, 11) is 1.78. The molecule has 0 saturated carbocycles. The summed E-state index contributed by atoms with van der Waals surface area (Å²) >= 11 is 3.23. The smallest absolute Gasteiger partial charge is 0.224 e. The second-order valence-corrected chi connectivity index (χ2v) is 5.13. The van der Waals surface area contributed by atoms with Crippen molar-refractivity contribution in [3.8, 4) is 11.6 Å². The SMILES string of the molecule is CCCc1nc(NC)cc(Oc2cc(F)cc(Br)c2)n1. The topological polar surface area (TPSA) is 47.0 Å². The number of aryl methyl sites for hydroxylation is 1. The van der Waals surface area contributed by atoms with Gasteiger partial charge in [-0.3, -0.25) is 0 Å². The van der Waals surface area contributed by atoms with Gasteiger partial charge in [0.1, 0.15) is 23.2 Å². The van der Waals surface area contributed by atoms with Crippen LogP contribution in [0.15, 0.2) is 28.7 Å². The summed E-state index contributed by atoms with van der Waals surface area (Å²) in [5.41, 5.74) is 0. The number of hydrogen-bond acceptors (Lipinski definition) is 4. The van der Waals surface area contributed by atoms with Crippen molar-refractivity contribution < 1.29 is 9.13 Å². The zero-order valence-electron chi connectivity index (χ0n) is 11.3. The Hall–Kier alpha value is -1.69. The van der Waals surface area contributed by atoms with E-state index in [0.717, 1.165) is 12.8 Å². The standard InChI is InChI=1S/C14H15BrFN3O/c1-3-4-12-18-13(17-2)8-14(19-12)20-11-6-9(15)5-10(16)7-11/h5-8H,3-4H2,1-2H3,(H,17,18,19). The van der Waals surface area contributed by atoms with Crippen LogP contribution in [-0.2, 0) is 6.42 Å². The molecule has 0 bridgehead atoms. The maximum Gasteiger partial charge on any atom is 0.224 e. The predicted octanol–water partition coefficient (Wildman–Crippen LogP) is 4.16. The summed E-state index contributed by atoms with van der Waals surface area (Å²) in [6.45, 7) is 2.06. The quantitative estimate of drug-likeness (QED) is 0.888. The van der Waals surface area contributed by atoms with Gasteiger partial charge in [-0.2, -0.15) is 4.98 Å². The van der Waals surface area contributed by atoms with Gasteiger partial charge in [0.05, 0.1) is 0 Å². The van der Waals surface area contributed by atoms with Gasteiger partial charge in [-0.15, -0.1) is 0 Å². The fourth-order valence-corrected chi connectivity index (χ4v) is 2.14. The third-order valence-electron chi connectivity index (χ3n) is 2.54. The van der Waals surface area contributed by atoms with E-state index in [9.17, 15) is 4.39 Å². The van der Waals surface area contributed by atoms with Crippen LogP contribution in [0.5, 0.6) is 11.6 Å². The molecule has 1 aromatic heterocycles. The predicted molar refractivity (Wildman–Crippen MR) is 79.7 cm³/mol. The molecule has 1 aromatic carbocycles. The minimum absolute atomic E-state index is 0.369. The number of hydrogen-bond donors (Lipinski definition) is 1. The molecular weight excluding hydrogens is 325 g/mol. The van der Waals surface area contributed by atoms with Crippen LogP contribution in [0.2, 0.25) is 0 Å². The van der Waals surface area contributed by atoms with Crippen molar-refractivity contribution in [1.82, 2.24) is 9.97 Å². The third-order valence-corrected chi connectivity index (χ3v) is 3.00. The van der Waals surface area contributed by atoms with E-state index in [1.165, 1.54) is 12.1 Å². The van der Waals surface area contributed by atoms with Crippen LogP contribution >= 0.6 is 15.9 Å². The first kappa shape index (κ1) is 14.7. The second-order valence-electron chi connectivity index (χ2n) is 4.21. The van der Waals surface area contributed by atoms with E-state index in [2.05, 4.69) is 38.1 Å².